The molecule has 15 heavy (non-hydrogen) atoms. The molecule has 1 nitrogen and oxygen atoms in total. The van der Waals surface area contributed by atoms with Gasteiger partial charge in [0.25, 0.3) is 0 Å². The van der Waals surface area contributed by atoms with E-state index >= 15 is 0 Å². The molecule has 1 aromatic carbocycles. The van der Waals surface area contributed by atoms with Crippen molar-refractivity contribution in [3.05, 3.63) is 35.6 Å². The minimum atomic E-state index is -0.152. The van der Waals surface area contributed by atoms with Gasteiger partial charge in [0.05, 0.1) is 10.4 Å². The first-order chi connectivity index (χ1) is 7.17. The number of hydrogen-bond donors (Lipinski definition) is 0. The summed E-state index contributed by atoms with van der Waals surface area (Å²) in [6.07, 6.45) is 2.39. The molecule has 0 saturated carbocycles. The minimum Gasteiger partial charge on any atom is -0.326 e. The van der Waals surface area contributed by atoms with Crippen molar-refractivity contribution in [1.29, 1.82) is 0 Å². The predicted octanol–water partition coefficient (Wildman–Crippen LogP) is 2.10. The molecule has 0 saturated heterocycles. The summed E-state index contributed by atoms with van der Waals surface area (Å²) in [4.78, 5) is 0. The zero-order valence-corrected chi connectivity index (χ0v) is 11.8. The normalized spacial score (nSPS) is 11.5. The lowest BCUT2D eigenvalue weighted by atomic mass is 10.1. The van der Waals surface area contributed by atoms with E-state index in [-0.39, 0.29) is 5.82 Å². The van der Waals surface area contributed by atoms with Crippen LogP contribution in [0.15, 0.2) is 24.3 Å². The van der Waals surface area contributed by atoms with Crippen LogP contribution in [0, 0.1) is 5.82 Å². The standard InChI is InChI=1S/C12H20FNSi/c1-3-12(4-2)14(15)9-10-5-7-11(13)8-6-10/h5-8,12H,3-4,9H2,1-2,15H3. The van der Waals surface area contributed by atoms with Gasteiger partial charge in [0.15, 0.2) is 0 Å². The summed E-state index contributed by atoms with van der Waals surface area (Å²) in [7, 11) is 1.06. The lowest BCUT2D eigenvalue weighted by Crippen LogP contribution is -2.31. The Morgan fingerprint density at radius 1 is 1.20 bits per heavy atom. The van der Waals surface area contributed by atoms with E-state index in [0.29, 0.717) is 6.04 Å². The fraction of sp³-hybridized carbons (Fsp3) is 0.500. The zero-order valence-electron chi connectivity index (χ0n) is 9.83. The lowest BCUT2D eigenvalue weighted by molar-refractivity contribution is 0.313. The highest BCUT2D eigenvalue weighted by Crippen LogP contribution is 2.11. The van der Waals surface area contributed by atoms with Gasteiger partial charge in [0.1, 0.15) is 5.82 Å². The van der Waals surface area contributed by atoms with Crippen LogP contribution < -0.4 is 0 Å². The summed E-state index contributed by atoms with van der Waals surface area (Å²) in [6, 6.07) is 7.52. The highest BCUT2D eigenvalue weighted by atomic mass is 28.2. The number of benzene rings is 1. The van der Waals surface area contributed by atoms with E-state index in [1.165, 1.54) is 30.5 Å². The Kier molecular flexibility index (Phi) is 4.98. The van der Waals surface area contributed by atoms with E-state index < -0.39 is 0 Å². The molecule has 0 aliphatic heterocycles. The Morgan fingerprint density at radius 2 is 1.73 bits per heavy atom. The van der Waals surface area contributed by atoms with Gasteiger partial charge in [0, 0.05) is 12.6 Å². The Hall–Kier alpha value is -0.673. The Labute approximate surface area is 94.8 Å². The van der Waals surface area contributed by atoms with Crippen LogP contribution in [0.1, 0.15) is 32.3 Å². The molecule has 1 aromatic rings. The second-order valence-corrected chi connectivity index (χ2v) is 5.16. The Bertz CT molecular complexity index is 282. The van der Waals surface area contributed by atoms with Crippen LogP contribution >= 0.6 is 0 Å². The largest absolute Gasteiger partial charge is 0.326 e. The first kappa shape index (κ1) is 12.4. The van der Waals surface area contributed by atoms with Crippen molar-refractivity contribution >= 4 is 10.4 Å². The molecule has 1 rings (SSSR count). The Balaban J connectivity index is 2.57. The van der Waals surface area contributed by atoms with Crippen molar-refractivity contribution in [2.45, 2.75) is 39.3 Å². The maximum absolute atomic E-state index is 12.7. The van der Waals surface area contributed by atoms with Gasteiger partial charge in [-0.25, -0.2) is 4.39 Å². The molecule has 0 aliphatic rings. The summed E-state index contributed by atoms with van der Waals surface area (Å²) in [5.74, 6) is -0.152. The van der Waals surface area contributed by atoms with E-state index in [2.05, 4.69) is 18.4 Å². The van der Waals surface area contributed by atoms with Crippen LogP contribution in [0.25, 0.3) is 0 Å². The molecule has 0 aromatic heterocycles. The van der Waals surface area contributed by atoms with Crippen molar-refractivity contribution in [3.8, 4) is 0 Å². The van der Waals surface area contributed by atoms with E-state index in [1.54, 1.807) is 0 Å². The van der Waals surface area contributed by atoms with Crippen LogP contribution in [-0.4, -0.2) is 21.0 Å². The summed E-state index contributed by atoms with van der Waals surface area (Å²) >= 11 is 0. The quantitative estimate of drug-likeness (QED) is 0.694. The zero-order chi connectivity index (χ0) is 11.3. The average molecular weight is 225 g/mol. The van der Waals surface area contributed by atoms with Crippen molar-refractivity contribution < 1.29 is 4.39 Å². The molecule has 3 heteroatoms. The van der Waals surface area contributed by atoms with Crippen molar-refractivity contribution in [2.24, 2.45) is 0 Å². The van der Waals surface area contributed by atoms with Crippen molar-refractivity contribution in [3.63, 3.8) is 0 Å². The SMILES string of the molecule is CCC(CC)N([SiH3])Cc1ccc(F)cc1. The predicted molar refractivity (Wildman–Crippen MR) is 66.3 cm³/mol. The van der Waals surface area contributed by atoms with Gasteiger partial charge in [-0.05, 0) is 30.5 Å². The number of hydrogen-bond acceptors (Lipinski definition) is 1. The van der Waals surface area contributed by atoms with E-state index in [4.69, 9.17) is 0 Å². The molecule has 0 radical (unpaired) electrons. The molecule has 0 atom stereocenters. The van der Waals surface area contributed by atoms with Gasteiger partial charge < -0.3 is 4.57 Å². The molecule has 0 spiro atoms. The topological polar surface area (TPSA) is 3.24 Å². The molecule has 0 bridgehead atoms. The third-order valence-electron chi connectivity index (χ3n) is 2.91. The summed E-state index contributed by atoms with van der Waals surface area (Å²) in [5, 5.41) is 0. The average Bonchev–Trinajstić information content (AvgIpc) is 2.23. The van der Waals surface area contributed by atoms with Gasteiger partial charge in [-0.3, -0.25) is 0 Å². The van der Waals surface area contributed by atoms with Crippen LogP contribution in [0.3, 0.4) is 0 Å². The monoisotopic (exact) mass is 225 g/mol. The molecule has 84 valence electrons. The van der Waals surface area contributed by atoms with Gasteiger partial charge in [-0.1, -0.05) is 26.0 Å². The second kappa shape index (κ2) is 6.03. The van der Waals surface area contributed by atoms with Gasteiger partial charge in [0.2, 0.25) is 0 Å². The van der Waals surface area contributed by atoms with Gasteiger partial charge in [-0.2, -0.15) is 0 Å². The van der Waals surface area contributed by atoms with E-state index in [1.807, 2.05) is 12.1 Å². The lowest BCUT2D eigenvalue weighted by Gasteiger charge is -2.26. The van der Waals surface area contributed by atoms with Crippen LogP contribution in [0.5, 0.6) is 0 Å². The van der Waals surface area contributed by atoms with Crippen molar-refractivity contribution in [1.82, 2.24) is 4.57 Å². The molecular formula is C12H20FNSi. The molecule has 0 heterocycles. The fourth-order valence-electron chi connectivity index (χ4n) is 1.92. The first-order valence-electron chi connectivity index (χ1n) is 5.62. The molecule has 0 aliphatic carbocycles. The summed E-state index contributed by atoms with van der Waals surface area (Å²) < 4.78 is 15.2. The molecule has 0 amide bonds. The second-order valence-electron chi connectivity index (χ2n) is 4.01. The molecule has 0 fully saturated rings. The maximum Gasteiger partial charge on any atom is 0.123 e. The van der Waals surface area contributed by atoms with Crippen molar-refractivity contribution in [2.75, 3.05) is 0 Å². The maximum atomic E-state index is 12.7. The molecule has 0 unspecified atom stereocenters. The van der Waals surface area contributed by atoms with Crippen LogP contribution in [-0.2, 0) is 6.54 Å². The number of rotatable bonds is 5. The highest BCUT2D eigenvalue weighted by molar-refractivity contribution is 6.04. The highest BCUT2D eigenvalue weighted by Gasteiger charge is 2.09. The van der Waals surface area contributed by atoms with Crippen LogP contribution in [0.4, 0.5) is 4.39 Å². The number of halogens is 1. The van der Waals surface area contributed by atoms with Gasteiger partial charge in [-0.15, -0.1) is 0 Å². The molecule has 0 N–H and O–H groups in total. The Morgan fingerprint density at radius 3 is 2.20 bits per heavy atom. The summed E-state index contributed by atoms with van der Waals surface area (Å²) in [5.41, 5.74) is 1.21. The smallest absolute Gasteiger partial charge is 0.123 e. The van der Waals surface area contributed by atoms with Crippen LogP contribution in [0.2, 0.25) is 0 Å². The van der Waals surface area contributed by atoms with Gasteiger partial charge >= 0.3 is 0 Å². The van der Waals surface area contributed by atoms with E-state index in [9.17, 15) is 4.39 Å². The fourth-order valence-corrected chi connectivity index (χ4v) is 3.01. The molecular weight excluding hydrogens is 205 g/mol. The number of nitrogens with zero attached hydrogens (tertiary/aromatic N) is 1. The third kappa shape index (κ3) is 3.76. The summed E-state index contributed by atoms with van der Waals surface area (Å²) in [6.45, 7) is 5.41. The van der Waals surface area contributed by atoms with E-state index in [0.717, 1.165) is 16.9 Å². The first-order valence-corrected chi connectivity index (χ1v) is 6.51. The third-order valence-corrected chi connectivity index (χ3v) is 3.96. The minimum absolute atomic E-state index is 0.152.